The number of alkyl halides is 1. The van der Waals surface area contributed by atoms with Crippen molar-refractivity contribution in [1.82, 2.24) is 0 Å². The van der Waals surface area contributed by atoms with Crippen LogP contribution in [-0.4, -0.2) is 16.3 Å². The quantitative estimate of drug-likeness (QED) is 0.575. The lowest BCUT2D eigenvalue weighted by Crippen LogP contribution is -2.02. The molecule has 0 aliphatic heterocycles. The van der Waals surface area contributed by atoms with E-state index in [0.717, 1.165) is 6.42 Å². The Labute approximate surface area is 63.5 Å². The van der Waals surface area contributed by atoms with Gasteiger partial charge in [0.15, 0.2) is 0 Å². The molecule has 0 rings (SSSR count). The van der Waals surface area contributed by atoms with Gasteiger partial charge < -0.3 is 0 Å². The second-order valence-corrected chi connectivity index (χ2v) is 3.57. The van der Waals surface area contributed by atoms with Crippen molar-refractivity contribution in [2.75, 3.05) is 6.61 Å². The monoisotopic (exact) mass is 215 g/mol. The molecule has 0 spiro atoms. The van der Waals surface area contributed by atoms with E-state index in [4.69, 9.17) is 4.89 Å². The Balaban J connectivity index is 3.16. The zero-order valence-electron chi connectivity index (χ0n) is 5.08. The molecule has 1 N–H and O–H groups in total. The van der Waals surface area contributed by atoms with Crippen LogP contribution in [-0.2, 0) is 9.09 Å². The van der Waals surface area contributed by atoms with Gasteiger partial charge in [-0.1, -0.05) is 22.9 Å². The van der Waals surface area contributed by atoms with Crippen molar-refractivity contribution in [3.05, 3.63) is 0 Å². The van der Waals surface area contributed by atoms with Crippen LogP contribution in [0.15, 0.2) is 0 Å². The van der Waals surface area contributed by atoms with Crippen LogP contribution in [0.2, 0.25) is 0 Å². The van der Waals surface area contributed by atoms with Crippen molar-refractivity contribution in [2.45, 2.75) is 18.2 Å². The molecule has 0 heterocycles. The topological polar surface area (TPSA) is 46.5 Å². The number of halogens is 1. The van der Waals surface area contributed by atoms with Gasteiger partial charge in [-0.05, 0) is 6.42 Å². The molecule has 0 bridgehead atoms. The van der Waals surface area contributed by atoms with Crippen LogP contribution in [0.3, 0.4) is 0 Å². The van der Waals surface area contributed by atoms with Crippen LogP contribution >= 0.6 is 24.2 Å². The van der Waals surface area contributed by atoms with Gasteiger partial charge >= 0.3 is 8.25 Å². The van der Waals surface area contributed by atoms with Crippen molar-refractivity contribution < 1.29 is 14.0 Å². The molecule has 0 saturated carbocycles. The van der Waals surface area contributed by atoms with Crippen LogP contribution in [0.1, 0.15) is 13.3 Å². The first-order valence-electron chi connectivity index (χ1n) is 2.60. The van der Waals surface area contributed by atoms with Gasteiger partial charge in [0.05, 0.1) is 0 Å². The first-order chi connectivity index (χ1) is 4.16. The lowest BCUT2D eigenvalue weighted by Gasteiger charge is -1.96. The maximum Gasteiger partial charge on any atom is 0.694 e. The Morgan fingerprint density at radius 3 is 2.78 bits per heavy atom. The molecule has 0 aromatic carbocycles. The van der Waals surface area contributed by atoms with E-state index < -0.39 is 8.25 Å². The molecule has 0 saturated heterocycles. The summed E-state index contributed by atoms with van der Waals surface area (Å²) in [6.07, 6.45) is 0.892. The lowest BCUT2D eigenvalue weighted by atomic mass is 10.4. The number of rotatable bonds is 4. The van der Waals surface area contributed by atoms with Crippen molar-refractivity contribution in [1.29, 1.82) is 0 Å². The van der Waals surface area contributed by atoms with Crippen LogP contribution in [0.4, 0.5) is 0 Å². The summed E-state index contributed by atoms with van der Waals surface area (Å²) in [6.45, 7) is 2.26. The minimum atomic E-state index is -2.42. The van der Waals surface area contributed by atoms with Gasteiger partial charge in [0, 0.05) is 9.39 Å². The second-order valence-electron chi connectivity index (χ2n) is 1.54. The largest absolute Gasteiger partial charge is 0.694 e. The second kappa shape index (κ2) is 5.30. The molecular weight excluding hydrogens is 207 g/mol. The van der Waals surface area contributed by atoms with Gasteiger partial charge in [-0.3, -0.25) is 0 Å². The summed E-state index contributed by atoms with van der Waals surface area (Å²) in [4.78, 5) is 8.35. The van der Waals surface area contributed by atoms with Gasteiger partial charge in [0.25, 0.3) is 0 Å². The molecule has 0 aromatic rings. The molecule has 0 aromatic heterocycles. The van der Waals surface area contributed by atoms with Crippen LogP contribution in [0, 0.1) is 0 Å². The summed E-state index contributed by atoms with van der Waals surface area (Å²) >= 11 is 3.24. The third-order valence-corrected chi connectivity index (χ3v) is 2.09. The summed E-state index contributed by atoms with van der Waals surface area (Å²) in [5.74, 6) is 0. The molecule has 9 heavy (non-hydrogen) atoms. The van der Waals surface area contributed by atoms with Gasteiger partial charge in [0.2, 0.25) is 0 Å². The Hall–Kier alpha value is 0.500. The maximum absolute atomic E-state index is 9.92. The van der Waals surface area contributed by atoms with Crippen molar-refractivity contribution >= 4 is 24.2 Å². The summed E-state index contributed by atoms with van der Waals surface area (Å²) < 4.78 is 14.3. The molecule has 0 fully saturated rings. The first kappa shape index (κ1) is 9.50. The average Bonchev–Trinajstić information content (AvgIpc) is 1.83. The van der Waals surface area contributed by atoms with Gasteiger partial charge in [-0.25, -0.2) is 0 Å². The summed E-state index contributed by atoms with van der Waals surface area (Å²) in [7, 11) is -2.42. The molecule has 0 aliphatic carbocycles. The highest BCUT2D eigenvalue weighted by molar-refractivity contribution is 9.09. The highest BCUT2D eigenvalue weighted by Crippen LogP contribution is 2.17. The molecular formula is C4H9BrO3P+. The molecule has 0 amide bonds. The normalized spacial score (nSPS) is 15.2. The van der Waals surface area contributed by atoms with E-state index in [9.17, 15) is 4.57 Å². The van der Waals surface area contributed by atoms with E-state index in [1.165, 1.54) is 0 Å². The fraction of sp³-hybridized carbons (Fsp3) is 1.00. The third kappa shape index (κ3) is 6.38. The van der Waals surface area contributed by atoms with Crippen LogP contribution in [0.25, 0.3) is 0 Å². The Morgan fingerprint density at radius 2 is 2.44 bits per heavy atom. The Kier molecular flexibility index (Phi) is 5.59. The zero-order chi connectivity index (χ0) is 7.28. The molecule has 5 heteroatoms. The predicted molar refractivity (Wildman–Crippen MR) is 38.8 cm³/mol. The van der Waals surface area contributed by atoms with E-state index >= 15 is 0 Å². The Bertz CT molecular complexity index is 97.8. The van der Waals surface area contributed by atoms with E-state index in [0.29, 0.717) is 6.61 Å². The van der Waals surface area contributed by atoms with Gasteiger partial charge in [-0.15, -0.1) is 9.42 Å². The minimum Gasteiger partial charge on any atom is -0.133 e. The number of hydrogen-bond donors (Lipinski definition) is 1. The molecule has 0 aliphatic rings. The van der Waals surface area contributed by atoms with Crippen LogP contribution in [0.5, 0.6) is 0 Å². The average molecular weight is 216 g/mol. The van der Waals surface area contributed by atoms with E-state index in [-0.39, 0.29) is 4.83 Å². The standard InChI is InChI=1S/C4H8BrO3P/c1-2-4(5)3-8-9(6)7/h4H,2-3H2,1H3/p+1. The van der Waals surface area contributed by atoms with E-state index in [1.807, 2.05) is 6.92 Å². The smallest absolute Gasteiger partial charge is 0.133 e. The van der Waals surface area contributed by atoms with Crippen molar-refractivity contribution in [3.8, 4) is 0 Å². The van der Waals surface area contributed by atoms with Gasteiger partial charge in [-0.2, -0.15) is 0 Å². The summed E-state index contributed by atoms with van der Waals surface area (Å²) in [6, 6.07) is 0. The van der Waals surface area contributed by atoms with Crippen LogP contribution < -0.4 is 0 Å². The van der Waals surface area contributed by atoms with E-state index in [1.54, 1.807) is 0 Å². The molecule has 2 unspecified atom stereocenters. The van der Waals surface area contributed by atoms with Gasteiger partial charge in [0.1, 0.15) is 6.61 Å². The third-order valence-electron chi connectivity index (χ3n) is 0.809. The molecule has 3 nitrogen and oxygen atoms in total. The highest BCUT2D eigenvalue weighted by Gasteiger charge is 2.14. The maximum atomic E-state index is 9.92. The fourth-order valence-electron chi connectivity index (χ4n) is 0.262. The molecule has 2 atom stereocenters. The summed E-state index contributed by atoms with van der Waals surface area (Å²) in [5, 5.41) is 0. The van der Waals surface area contributed by atoms with Crippen molar-refractivity contribution in [2.24, 2.45) is 0 Å². The van der Waals surface area contributed by atoms with E-state index in [2.05, 4.69) is 20.5 Å². The minimum absolute atomic E-state index is 0.184. The predicted octanol–water partition coefficient (Wildman–Crippen LogP) is 1.83. The number of hydrogen-bond acceptors (Lipinski definition) is 2. The fourth-order valence-corrected chi connectivity index (χ4v) is 0.906. The molecule has 0 radical (unpaired) electrons. The summed E-state index contributed by atoms with van der Waals surface area (Å²) in [5.41, 5.74) is 0. The lowest BCUT2D eigenvalue weighted by molar-refractivity contribution is 0.282. The Morgan fingerprint density at radius 1 is 1.89 bits per heavy atom. The van der Waals surface area contributed by atoms with Crippen molar-refractivity contribution in [3.63, 3.8) is 0 Å². The zero-order valence-corrected chi connectivity index (χ0v) is 7.56. The SMILES string of the molecule is CCC(Br)CO[P+](=O)O. The molecule has 54 valence electrons. The first-order valence-corrected chi connectivity index (χ1v) is 4.64. The highest BCUT2D eigenvalue weighted by atomic mass is 79.9.